The smallest absolute Gasteiger partial charge is 0.319 e. The highest BCUT2D eigenvalue weighted by Gasteiger charge is 2.09. The molecule has 0 radical (unpaired) electrons. The molecule has 17 heavy (non-hydrogen) atoms. The van der Waals surface area contributed by atoms with Crippen LogP contribution in [0, 0.1) is 11.8 Å². The number of hydrogen-bond donors (Lipinski definition) is 1. The van der Waals surface area contributed by atoms with Gasteiger partial charge >= 0.3 is 5.97 Å². The molecule has 3 heteroatoms. The van der Waals surface area contributed by atoms with Gasteiger partial charge in [0.2, 0.25) is 0 Å². The quantitative estimate of drug-likeness (QED) is 0.599. The van der Waals surface area contributed by atoms with E-state index in [1.54, 1.807) is 0 Å². The summed E-state index contributed by atoms with van der Waals surface area (Å²) in [7, 11) is 0. The van der Waals surface area contributed by atoms with Gasteiger partial charge in [-0.25, -0.2) is 0 Å². The minimum absolute atomic E-state index is 0.124. The lowest BCUT2D eigenvalue weighted by Crippen LogP contribution is -2.29. The van der Waals surface area contributed by atoms with E-state index in [1.807, 2.05) is 0 Å². The molecule has 0 aliphatic carbocycles. The van der Waals surface area contributed by atoms with E-state index in [2.05, 4.69) is 33.0 Å². The number of rotatable bonds is 10. The number of hydrogen-bond acceptors (Lipinski definition) is 3. The molecule has 1 atom stereocenters. The zero-order valence-corrected chi connectivity index (χ0v) is 11.9. The lowest BCUT2D eigenvalue weighted by Gasteiger charge is -2.15. The first-order chi connectivity index (χ1) is 8.10. The van der Waals surface area contributed by atoms with E-state index < -0.39 is 0 Å². The van der Waals surface area contributed by atoms with Gasteiger partial charge in [0.1, 0.15) is 0 Å². The Hall–Kier alpha value is -0.570. The standard InChI is InChI=1S/C14H29NO2/c1-5-7-8-13(6-2)11-17-14(16)10-15-9-12(3)4/h12-13,15H,5-11H2,1-4H3. The van der Waals surface area contributed by atoms with Crippen LogP contribution in [0.1, 0.15) is 53.4 Å². The Labute approximate surface area is 106 Å². The Morgan fingerprint density at radius 1 is 1.29 bits per heavy atom. The lowest BCUT2D eigenvalue weighted by molar-refractivity contribution is -0.144. The van der Waals surface area contributed by atoms with E-state index in [4.69, 9.17) is 4.74 Å². The third kappa shape index (κ3) is 10.3. The molecular weight excluding hydrogens is 214 g/mol. The molecule has 0 aromatic heterocycles. The van der Waals surface area contributed by atoms with E-state index in [0.29, 0.717) is 25.0 Å². The third-order valence-corrected chi connectivity index (χ3v) is 2.85. The second kappa shape index (κ2) is 10.6. The van der Waals surface area contributed by atoms with Crippen LogP contribution in [0.2, 0.25) is 0 Å². The van der Waals surface area contributed by atoms with E-state index in [0.717, 1.165) is 13.0 Å². The second-order valence-electron chi connectivity index (χ2n) is 5.12. The van der Waals surface area contributed by atoms with Crippen molar-refractivity contribution in [3.63, 3.8) is 0 Å². The third-order valence-electron chi connectivity index (χ3n) is 2.85. The molecule has 0 spiro atoms. The molecule has 0 heterocycles. The highest BCUT2D eigenvalue weighted by atomic mass is 16.5. The fourth-order valence-electron chi connectivity index (χ4n) is 1.62. The molecule has 0 aromatic carbocycles. The number of ether oxygens (including phenoxy) is 1. The van der Waals surface area contributed by atoms with Crippen molar-refractivity contribution in [3.8, 4) is 0 Å². The average Bonchev–Trinajstić information content (AvgIpc) is 2.29. The molecule has 0 amide bonds. The molecule has 0 rings (SSSR count). The number of nitrogens with one attached hydrogen (secondary N) is 1. The van der Waals surface area contributed by atoms with Crippen molar-refractivity contribution in [2.45, 2.75) is 53.4 Å². The monoisotopic (exact) mass is 243 g/mol. The van der Waals surface area contributed by atoms with Gasteiger partial charge in [-0.3, -0.25) is 4.79 Å². The van der Waals surface area contributed by atoms with Gasteiger partial charge in [0.15, 0.2) is 0 Å². The summed E-state index contributed by atoms with van der Waals surface area (Å²) in [5.41, 5.74) is 0. The molecule has 0 saturated heterocycles. The summed E-state index contributed by atoms with van der Waals surface area (Å²) in [6.45, 7) is 10.4. The highest BCUT2D eigenvalue weighted by molar-refractivity contribution is 5.71. The minimum Gasteiger partial charge on any atom is -0.464 e. The lowest BCUT2D eigenvalue weighted by atomic mass is 10.0. The van der Waals surface area contributed by atoms with E-state index >= 15 is 0 Å². The zero-order valence-electron chi connectivity index (χ0n) is 11.9. The molecule has 3 nitrogen and oxygen atoms in total. The van der Waals surface area contributed by atoms with E-state index in [1.165, 1.54) is 19.3 Å². The Morgan fingerprint density at radius 2 is 2.00 bits per heavy atom. The first-order valence-corrected chi connectivity index (χ1v) is 6.96. The van der Waals surface area contributed by atoms with Crippen molar-refractivity contribution >= 4 is 5.97 Å². The highest BCUT2D eigenvalue weighted by Crippen LogP contribution is 2.12. The van der Waals surface area contributed by atoms with Crippen LogP contribution in [0.15, 0.2) is 0 Å². The van der Waals surface area contributed by atoms with Crippen molar-refractivity contribution < 1.29 is 9.53 Å². The van der Waals surface area contributed by atoms with Gasteiger partial charge in [-0.05, 0) is 24.8 Å². The van der Waals surface area contributed by atoms with E-state index in [9.17, 15) is 4.79 Å². The molecule has 0 bridgehead atoms. The van der Waals surface area contributed by atoms with Crippen molar-refractivity contribution in [3.05, 3.63) is 0 Å². The van der Waals surface area contributed by atoms with Crippen LogP contribution in [0.25, 0.3) is 0 Å². The maximum Gasteiger partial charge on any atom is 0.319 e. The van der Waals surface area contributed by atoms with Gasteiger partial charge in [0, 0.05) is 0 Å². The Balaban J connectivity index is 3.58. The SMILES string of the molecule is CCCCC(CC)COC(=O)CNCC(C)C. The average molecular weight is 243 g/mol. The number of unbranched alkanes of at least 4 members (excludes halogenated alkanes) is 1. The van der Waals surface area contributed by atoms with Crippen molar-refractivity contribution in [1.29, 1.82) is 0 Å². The maximum atomic E-state index is 11.4. The summed E-state index contributed by atoms with van der Waals surface area (Å²) in [6.07, 6.45) is 4.69. The van der Waals surface area contributed by atoms with Crippen LogP contribution < -0.4 is 5.32 Å². The fraction of sp³-hybridized carbons (Fsp3) is 0.929. The number of esters is 1. The molecule has 0 saturated carbocycles. The molecule has 1 N–H and O–H groups in total. The number of carbonyl (C=O) groups excluding carboxylic acids is 1. The van der Waals surface area contributed by atoms with Gasteiger partial charge < -0.3 is 10.1 Å². The predicted octanol–water partition coefficient (Wildman–Crippen LogP) is 2.99. The van der Waals surface area contributed by atoms with Crippen LogP contribution in [0.4, 0.5) is 0 Å². The van der Waals surface area contributed by atoms with Gasteiger partial charge in [0.25, 0.3) is 0 Å². The summed E-state index contributed by atoms with van der Waals surface area (Å²) in [5.74, 6) is 0.973. The molecule has 0 aliphatic heterocycles. The molecule has 0 fully saturated rings. The Morgan fingerprint density at radius 3 is 2.53 bits per heavy atom. The molecule has 0 aromatic rings. The van der Waals surface area contributed by atoms with Crippen LogP contribution >= 0.6 is 0 Å². The minimum atomic E-state index is -0.124. The first kappa shape index (κ1) is 16.4. The van der Waals surface area contributed by atoms with Crippen molar-refractivity contribution in [1.82, 2.24) is 5.32 Å². The fourth-order valence-corrected chi connectivity index (χ4v) is 1.62. The van der Waals surface area contributed by atoms with Gasteiger partial charge in [-0.1, -0.05) is 47.0 Å². The normalized spacial score (nSPS) is 12.8. The van der Waals surface area contributed by atoms with Crippen LogP contribution in [-0.2, 0) is 9.53 Å². The van der Waals surface area contributed by atoms with Gasteiger partial charge in [0.05, 0.1) is 13.2 Å². The summed E-state index contributed by atoms with van der Waals surface area (Å²) < 4.78 is 5.27. The predicted molar refractivity (Wildman–Crippen MR) is 72.0 cm³/mol. The molecule has 1 unspecified atom stereocenters. The van der Waals surface area contributed by atoms with Crippen LogP contribution in [0.3, 0.4) is 0 Å². The second-order valence-corrected chi connectivity index (χ2v) is 5.12. The summed E-state index contributed by atoms with van der Waals surface area (Å²) in [4.78, 5) is 11.4. The van der Waals surface area contributed by atoms with Crippen molar-refractivity contribution in [2.24, 2.45) is 11.8 Å². The van der Waals surface area contributed by atoms with Crippen LogP contribution in [-0.4, -0.2) is 25.7 Å². The topological polar surface area (TPSA) is 38.3 Å². The van der Waals surface area contributed by atoms with Gasteiger partial charge in [-0.15, -0.1) is 0 Å². The first-order valence-electron chi connectivity index (χ1n) is 6.96. The molecular formula is C14H29NO2. The summed E-state index contributed by atoms with van der Waals surface area (Å²) in [5, 5.41) is 3.09. The van der Waals surface area contributed by atoms with Crippen LogP contribution in [0.5, 0.6) is 0 Å². The zero-order chi connectivity index (χ0) is 13.1. The van der Waals surface area contributed by atoms with Crippen molar-refractivity contribution in [2.75, 3.05) is 19.7 Å². The Bertz CT molecular complexity index is 193. The summed E-state index contributed by atoms with van der Waals surface area (Å²) >= 11 is 0. The number of carbonyl (C=O) groups is 1. The Kier molecular flexibility index (Phi) is 10.2. The van der Waals surface area contributed by atoms with E-state index in [-0.39, 0.29) is 5.97 Å². The largest absolute Gasteiger partial charge is 0.464 e. The van der Waals surface area contributed by atoms with Gasteiger partial charge in [-0.2, -0.15) is 0 Å². The molecule has 0 aliphatic rings. The maximum absolute atomic E-state index is 11.4. The summed E-state index contributed by atoms with van der Waals surface area (Å²) in [6, 6.07) is 0. The molecule has 102 valence electrons.